The highest BCUT2D eigenvalue weighted by Gasteiger charge is 2.31. The lowest BCUT2D eigenvalue weighted by Crippen LogP contribution is -2.33. The maximum atomic E-state index is 12.7. The lowest BCUT2D eigenvalue weighted by Gasteiger charge is -2.17. The number of thiocarbonyl (C=S) groups is 1. The molecule has 1 aliphatic heterocycles. The zero-order valence-corrected chi connectivity index (χ0v) is 17.1. The Morgan fingerprint density at radius 2 is 2.04 bits per heavy atom. The Kier molecular flexibility index (Phi) is 5.61. The molecule has 1 heterocycles. The number of carbonyl (C=O) groups is 1. The summed E-state index contributed by atoms with van der Waals surface area (Å²) >= 11 is 10.2. The van der Waals surface area contributed by atoms with Gasteiger partial charge in [0.05, 0.1) is 11.6 Å². The van der Waals surface area contributed by atoms with Gasteiger partial charge in [0.2, 0.25) is 0 Å². The van der Waals surface area contributed by atoms with Crippen LogP contribution in [0.1, 0.15) is 16.7 Å². The molecule has 1 aliphatic rings. The number of anilines is 1. The molecule has 1 saturated heterocycles. The molecule has 0 bridgehead atoms. The predicted octanol–water partition coefficient (Wildman–Crippen LogP) is 5.34. The van der Waals surface area contributed by atoms with E-state index >= 15 is 0 Å². The van der Waals surface area contributed by atoms with Crippen LogP contribution in [-0.2, 0) is 4.79 Å². The first-order chi connectivity index (χ1) is 11.9. The molecule has 0 atom stereocenters. The Hall–Kier alpha value is -1.63. The van der Waals surface area contributed by atoms with Crippen LogP contribution in [0.2, 0.25) is 0 Å². The molecule has 0 radical (unpaired) electrons. The predicted molar refractivity (Wildman–Crippen MR) is 114 cm³/mol. The van der Waals surface area contributed by atoms with E-state index in [9.17, 15) is 4.79 Å². The van der Waals surface area contributed by atoms with Crippen LogP contribution < -0.4 is 5.32 Å². The average Bonchev–Trinajstić information content (AvgIpc) is 2.81. The molecule has 1 fully saturated rings. The number of amides is 1. The zero-order chi connectivity index (χ0) is 18.0. The molecule has 3 nitrogen and oxygen atoms in total. The number of thioether (sulfide) groups is 1. The normalized spacial score (nSPS) is 16.0. The van der Waals surface area contributed by atoms with E-state index in [1.807, 2.05) is 49.4 Å². The van der Waals surface area contributed by atoms with Crippen molar-refractivity contribution in [2.75, 3.05) is 12.0 Å². The minimum absolute atomic E-state index is 0.0627. The maximum Gasteiger partial charge on any atom is 0.267 e. The van der Waals surface area contributed by atoms with Gasteiger partial charge in [-0.3, -0.25) is 9.69 Å². The van der Waals surface area contributed by atoms with E-state index in [-0.39, 0.29) is 5.91 Å². The van der Waals surface area contributed by atoms with E-state index in [0.717, 1.165) is 21.3 Å². The summed E-state index contributed by atoms with van der Waals surface area (Å²) in [7, 11) is 0. The lowest BCUT2D eigenvalue weighted by atomic mass is 10.1. The highest BCUT2D eigenvalue weighted by molar-refractivity contribution is 9.10. The number of carbonyl (C=O) groups excluding carboxylic acids is 1. The van der Waals surface area contributed by atoms with Crippen LogP contribution in [0.4, 0.5) is 5.69 Å². The Morgan fingerprint density at radius 1 is 1.24 bits per heavy atom. The topological polar surface area (TPSA) is 32.3 Å². The van der Waals surface area contributed by atoms with Gasteiger partial charge in [0.1, 0.15) is 4.32 Å². The first-order valence-electron chi connectivity index (χ1n) is 7.76. The van der Waals surface area contributed by atoms with Gasteiger partial charge in [0, 0.05) is 10.2 Å². The molecule has 3 rings (SSSR count). The van der Waals surface area contributed by atoms with E-state index in [2.05, 4.69) is 34.2 Å². The van der Waals surface area contributed by atoms with Crippen molar-refractivity contribution in [2.24, 2.45) is 0 Å². The minimum atomic E-state index is -0.0627. The van der Waals surface area contributed by atoms with Crippen molar-refractivity contribution < 1.29 is 4.79 Å². The number of hydrogen-bond acceptors (Lipinski definition) is 4. The van der Waals surface area contributed by atoms with Crippen LogP contribution in [0, 0.1) is 13.8 Å². The summed E-state index contributed by atoms with van der Waals surface area (Å²) in [6, 6.07) is 14.0. The summed E-state index contributed by atoms with van der Waals surface area (Å²) in [5.41, 5.74) is 4.34. The number of rotatable bonds is 4. The van der Waals surface area contributed by atoms with Crippen molar-refractivity contribution in [1.29, 1.82) is 0 Å². The van der Waals surface area contributed by atoms with Gasteiger partial charge < -0.3 is 5.32 Å². The number of nitrogens with zero attached hydrogens (tertiary/aromatic N) is 1. The maximum absolute atomic E-state index is 12.7. The molecular weight excluding hydrogens is 416 g/mol. The van der Waals surface area contributed by atoms with Gasteiger partial charge in [-0.05, 0) is 49.2 Å². The third kappa shape index (κ3) is 4.32. The molecule has 0 spiro atoms. The van der Waals surface area contributed by atoms with Gasteiger partial charge in [0.15, 0.2) is 0 Å². The van der Waals surface area contributed by atoms with Crippen molar-refractivity contribution in [2.45, 2.75) is 13.8 Å². The van der Waals surface area contributed by atoms with Gasteiger partial charge >= 0.3 is 0 Å². The van der Waals surface area contributed by atoms with Gasteiger partial charge in [-0.15, -0.1) is 0 Å². The molecular formula is C19H17BrN2OS2. The molecule has 1 amide bonds. The van der Waals surface area contributed by atoms with E-state index in [0.29, 0.717) is 15.9 Å². The standard InChI is InChI=1S/C19H17BrN2OS2/c1-12-6-7-16(13(2)8-12)21-11-22-18(23)17(25-19(22)24)10-14-4-3-5-15(20)9-14/h3-10,21H,11H2,1-2H3. The molecule has 25 heavy (non-hydrogen) atoms. The second-order valence-electron chi connectivity index (χ2n) is 5.82. The van der Waals surface area contributed by atoms with Crippen LogP contribution >= 0.6 is 39.9 Å². The second-order valence-corrected chi connectivity index (χ2v) is 8.41. The van der Waals surface area contributed by atoms with Gasteiger partial charge in [0.25, 0.3) is 5.91 Å². The second kappa shape index (κ2) is 7.72. The first kappa shape index (κ1) is 18.2. The first-order valence-corrected chi connectivity index (χ1v) is 9.78. The van der Waals surface area contributed by atoms with Crippen LogP contribution in [-0.4, -0.2) is 21.8 Å². The third-order valence-electron chi connectivity index (χ3n) is 3.83. The molecule has 2 aromatic carbocycles. The van der Waals surface area contributed by atoms with Gasteiger partial charge in [-0.25, -0.2) is 0 Å². The van der Waals surface area contributed by atoms with Gasteiger partial charge in [-0.1, -0.05) is 69.7 Å². The summed E-state index contributed by atoms with van der Waals surface area (Å²) in [6.45, 7) is 4.47. The summed E-state index contributed by atoms with van der Waals surface area (Å²) in [5.74, 6) is -0.0627. The number of hydrogen-bond donors (Lipinski definition) is 1. The van der Waals surface area contributed by atoms with Crippen LogP contribution in [0.5, 0.6) is 0 Å². The highest BCUT2D eigenvalue weighted by Crippen LogP contribution is 2.32. The van der Waals surface area contributed by atoms with E-state index in [1.54, 1.807) is 4.90 Å². The van der Waals surface area contributed by atoms with Crippen LogP contribution in [0.15, 0.2) is 51.8 Å². The molecule has 0 aromatic heterocycles. The fraction of sp³-hybridized carbons (Fsp3) is 0.158. The molecule has 0 saturated carbocycles. The Morgan fingerprint density at radius 3 is 2.76 bits per heavy atom. The van der Waals surface area contributed by atoms with E-state index in [4.69, 9.17) is 12.2 Å². The molecule has 0 unspecified atom stereocenters. The monoisotopic (exact) mass is 432 g/mol. The third-order valence-corrected chi connectivity index (χ3v) is 5.70. The fourth-order valence-electron chi connectivity index (χ4n) is 2.56. The number of nitrogens with one attached hydrogen (secondary N) is 1. The summed E-state index contributed by atoms with van der Waals surface area (Å²) < 4.78 is 1.55. The molecule has 6 heteroatoms. The number of aryl methyl sites for hydroxylation is 2. The minimum Gasteiger partial charge on any atom is -0.367 e. The smallest absolute Gasteiger partial charge is 0.267 e. The Bertz CT molecular complexity index is 879. The van der Waals surface area contributed by atoms with Crippen molar-refractivity contribution in [3.63, 3.8) is 0 Å². The lowest BCUT2D eigenvalue weighted by molar-refractivity contribution is -0.121. The van der Waals surface area contributed by atoms with Crippen molar-refractivity contribution in [1.82, 2.24) is 4.90 Å². The number of benzene rings is 2. The van der Waals surface area contributed by atoms with E-state index in [1.165, 1.54) is 17.3 Å². The Balaban J connectivity index is 1.73. The van der Waals surface area contributed by atoms with Crippen molar-refractivity contribution >= 4 is 61.9 Å². The molecule has 0 aliphatic carbocycles. The van der Waals surface area contributed by atoms with Crippen LogP contribution in [0.3, 0.4) is 0 Å². The van der Waals surface area contributed by atoms with Gasteiger partial charge in [-0.2, -0.15) is 0 Å². The summed E-state index contributed by atoms with van der Waals surface area (Å²) in [5, 5.41) is 3.31. The van der Waals surface area contributed by atoms with Crippen molar-refractivity contribution in [3.8, 4) is 0 Å². The number of halogens is 1. The van der Waals surface area contributed by atoms with Crippen LogP contribution in [0.25, 0.3) is 6.08 Å². The largest absolute Gasteiger partial charge is 0.367 e. The SMILES string of the molecule is Cc1ccc(NCN2C(=O)C(=Cc3cccc(Br)c3)SC2=S)c(C)c1. The zero-order valence-electron chi connectivity index (χ0n) is 13.9. The molecule has 128 valence electrons. The quantitative estimate of drug-likeness (QED) is 0.522. The summed E-state index contributed by atoms with van der Waals surface area (Å²) in [6.07, 6.45) is 1.88. The Labute approximate surface area is 165 Å². The van der Waals surface area contributed by atoms with Crippen molar-refractivity contribution in [3.05, 3.63) is 68.5 Å². The molecule has 2 aromatic rings. The van der Waals surface area contributed by atoms with E-state index < -0.39 is 0 Å². The highest BCUT2D eigenvalue weighted by atomic mass is 79.9. The molecule has 1 N–H and O–H groups in total. The summed E-state index contributed by atoms with van der Waals surface area (Å²) in [4.78, 5) is 14.9. The average molecular weight is 433 g/mol. The fourth-order valence-corrected chi connectivity index (χ4v) is 4.23.